The topological polar surface area (TPSA) is 6.48 Å². The van der Waals surface area contributed by atoms with Gasteiger partial charge in [-0.25, -0.2) is 0 Å². The van der Waals surface area contributed by atoms with Crippen molar-refractivity contribution in [2.45, 2.75) is 277 Å². The summed E-state index contributed by atoms with van der Waals surface area (Å²) in [5, 5.41) is 0. The molecular weight excluding hydrogens is 593 g/mol. The molecule has 49 heavy (non-hydrogen) atoms. The van der Waals surface area contributed by atoms with Crippen LogP contribution in [0.1, 0.15) is 271 Å². The first-order valence-electron chi connectivity index (χ1n) is 23.5. The first-order chi connectivity index (χ1) is 24.3. The van der Waals surface area contributed by atoms with Crippen LogP contribution < -0.4 is 0 Å². The van der Waals surface area contributed by atoms with Crippen molar-refractivity contribution in [1.29, 1.82) is 0 Å². The van der Waals surface area contributed by atoms with Gasteiger partial charge < -0.3 is 9.80 Å². The summed E-state index contributed by atoms with van der Waals surface area (Å²) in [7, 11) is 0. The van der Waals surface area contributed by atoms with Crippen molar-refractivity contribution < 1.29 is 0 Å². The molecule has 1 rings (SSSR count). The van der Waals surface area contributed by atoms with Gasteiger partial charge in [-0.05, 0) is 25.7 Å². The predicted molar refractivity (Wildman–Crippen MR) is 223 cm³/mol. The summed E-state index contributed by atoms with van der Waals surface area (Å²) in [5.41, 5.74) is 0. The highest BCUT2D eigenvalue weighted by molar-refractivity contribution is 4.97. The van der Waals surface area contributed by atoms with Crippen molar-refractivity contribution in [2.24, 2.45) is 0 Å². The maximum Gasteiger partial charge on any atom is 0.101 e. The first-order valence-corrected chi connectivity index (χ1v) is 23.5. The SMILES string of the molecule is CCCCCCCCCCCCCCCCCN1C=CN(CCCCCCCCCCCCCCCCC)C1CCCCCCCCCC. The van der Waals surface area contributed by atoms with Gasteiger partial charge in [-0.3, -0.25) is 0 Å². The minimum absolute atomic E-state index is 0.637. The van der Waals surface area contributed by atoms with Gasteiger partial charge in [-0.1, -0.05) is 245 Å². The third kappa shape index (κ3) is 30.7. The Kier molecular flexibility index (Phi) is 36.5. The second-order valence-electron chi connectivity index (χ2n) is 16.4. The van der Waals surface area contributed by atoms with Crippen molar-refractivity contribution in [3.63, 3.8) is 0 Å². The Labute approximate surface area is 311 Å². The van der Waals surface area contributed by atoms with Crippen LogP contribution >= 0.6 is 0 Å². The van der Waals surface area contributed by atoms with Gasteiger partial charge in [0.05, 0.1) is 0 Å². The van der Waals surface area contributed by atoms with Crippen molar-refractivity contribution in [2.75, 3.05) is 13.1 Å². The molecule has 0 amide bonds. The third-order valence-electron chi connectivity index (χ3n) is 11.6. The zero-order valence-corrected chi connectivity index (χ0v) is 34.6. The van der Waals surface area contributed by atoms with Crippen molar-refractivity contribution in [3.05, 3.63) is 12.4 Å². The molecule has 0 fully saturated rings. The molecule has 0 spiro atoms. The van der Waals surface area contributed by atoms with Gasteiger partial charge in [0.2, 0.25) is 0 Å². The van der Waals surface area contributed by atoms with Crippen LogP contribution in [0.15, 0.2) is 12.4 Å². The van der Waals surface area contributed by atoms with E-state index in [1.54, 1.807) is 0 Å². The van der Waals surface area contributed by atoms with Crippen LogP contribution in [0.3, 0.4) is 0 Å². The molecule has 0 atom stereocenters. The van der Waals surface area contributed by atoms with Gasteiger partial charge in [0.15, 0.2) is 0 Å². The molecule has 1 aliphatic heterocycles. The molecule has 0 aliphatic carbocycles. The molecule has 2 nitrogen and oxygen atoms in total. The van der Waals surface area contributed by atoms with Crippen LogP contribution in [-0.4, -0.2) is 29.1 Å². The smallest absolute Gasteiger partial charge is 0.101 e. The lowest BCUT2D eigenvalue weighted by Gasteiger charge is -2.33. The Morgan fingerprint density at radius 2 is 0.469 bits per heavy atom. The average molecular weight is 687 g/mol. The zero-order chi connectivity index (χ0) is 35.1. The number of nitrogens with zero attached hydrogens (tertiary/aromatic N) is 2. The Balaban J connectivity index is 2.15. The van der Waals surface area contributed by atoms with Crippen LogP contribution in [0.25, 0.3) is 0 Å². The van der Waals surface area contributed by atoms with Crippen LogP contribution in [0.4, 0.5) is 0 Å². The fourth-order valence-corrected chi connectivity index (χ4v) is 8.13. The monoisotopic (exact) mass is 687 g/mol. The van der Waals surface area contributed by atoms with E-state index in [2.05, 4.69) is 43.0 Å². The zero-order valence-electron chi connectivity index (χ0n) is 34.6. The lowest BCUT2D eigenvalue weighted by Crippen LogP contribution is -2.39. The molecule has 0 aromatic rings. The molecule has 1 aliphatic rings. The van der Waals surface area contributed by atoms with Crippen LogP contribution in [0, 0.1) is 0 Å². The van der Waals surface area contributed by atoms with E-state index in [0.717, 1.165) is 0 Å². The highest BCUT2D eigenvalue weighted by Gasteiger charge is 2.24. The maximum absolute atomic E-state index is 2.73. The first kappa shape index (κ1) is 46.4. The van der Waals surface area contributed by atoms with Gasteiger partial charge >= 0.3 is 0 Å². The third-order valence-corrected chi connectivity index (χ3v) is 11.6. The van der Waals surface area contributed by atoms with E-state index >= 15 is 0 Å². The minimum Gasteiger partial charge on any atom is -0.356 e. The molecule has 0 saturated heterocycles. The average Bonchev–Trinajstić information content (AvgIpc) is 3.50. The lowest BCUT2D eigenvalue weighted by molar-refractivity contribution is 0.135. The molecule has 292 valence electrons. The second kappa shape index (κ2) is 38.6. The number of hydrogen-bond acceptors (Lipinski definition) is 2. The van der Waals surface area contributed by atoms with Crippen molar-refractivity contribution in [1.82, 2.24) is 9.80 Å². The summed E-state index contributed by atoms with van der Waals surface area (Å²) < 4.78 is 0. The Morgan fingerprint density at radius 3 is 0.714 bits per heavy atom. The summed E-state index contributed by atoms with van der Waals surface area (Å²) in [6.45, 7) is 9.49. The molecule has 0 radical (unpaired) electrons. The summed E-state index contributed by atoms with van der Waals surface area (Å²) in [5.74, 6) is 0. The fourth-order valence-electron chi connectivity index (χ4n) is 8.13. The number of rotatable bonds is 41. The molecule has 0 unspecified atom stereocenters. The van der Waals surface area contributed by atoms with Crippen molar-refractivity contribution in [3.8, 4) is 0 Å². The highest BCUT2D eigenvalue weighted by Crippen LogP contribution is 2.24. The Morgan fingerprint density at radius 1 is 0.265 bits per heavy atom. The molecule has 0 bridgehead atoms. The van der Waals surface area contributed by atoms with E-state index in [0.29, 0.717) is 6.17 Å². The van der Waals surface area contributed by atoms with Crippen molar-refractivity contribution >= 4 is 0 Å². The standard InChI is InChI=1S/C47H94N2/c1-4-7-10-13-16-19-21-23-25-27-29-31-34-37-40-43-48-45-46-49(47(48)42-39-36-33-18-15-12-9-6-3)44-41-38-35-32-30-28-26-24-22-20-17-14-11-8-5-2/h45-47H,4-44H2,1-3H3. The lowest BCUT2D eigenvalue weighted by atomic mass is 10.0. The highest BCUT2D eigenvalue weighted by atomic mass is 15.4. The molecule has 0 N–H and O–H groups in total. The quantitative estimate of drug-likeness (QED) is 0.0591. The molecule has 0 saturated carbocycles. The maximum atomic E-state index is 2.73. The van der Waals surface area contributed by atoms with E-state index in [4.69, 9.17) is 0 Å². The van der Waals surface area contributed by atoms with Gasteiger partial charge in [-0.15, -0.1) is 0 Å². The predicted octanol–water partition coefficient (Wildman–Crippen LogP) is 16.7. The Hall–Kier alpha value is -0.660. The van der Waals surface area contributed by atoms with Crippen LogP contribution in [-0.2, 0) is 0 Å². The molecular formula is C47H94N2. The number of hydrogen-bond donors (Lipinski definition) is 0. The Bertz CT molecular complexity index is 600. The summed E-state index contributed by atoms with van der Waals surface area (Å²) in [6.07, 6.45) is 61.9. The molecule has 0 aromatic carbocycles. The molecule has 0 aromatic heterocycles. The number of unbranched alkanes of at least 4 members (excludes halogenated alkanes) is 35. The van der Waals surface area contributed by atoms with Gasteiger partial charge in [0.25, 0.3) is 0 Å². The van der Waals surface area contributed by atoms with Gasteiger partial charge in [0, 0.05) is 25.5 Å². The van der Waals surface area contributed by atoms with Gasteiger partial charge in [0.1, 0.15) is 6.17 Å². The van der Waals surface area contributed by atoms with Crippen LogP contribution in [0.5, 0.6) is 0 Å². The van der Waals surface area contributed by atoms with E-state index < -0.39 is 0 Å². The van der Waals surface area contributed by atoms with Gasteiger partial charge in [-0.2, -0.15) is 0 Å². The summed E-state index contributed by atoms with van der Waals surface area (Å²) in [6, 6.07) is 0. The largest absolute Gasteiger partial charge is 0.356 e. The summed E-state index contributed by atoms with van der Waals surface area (Å²) in [4.78, 5) is 5.46. The second-order valence-corrected chi connectivity index (χ2v) is 16.4. The van der Waals surface area contributed by atoms with E-state index in [-0.39, 0.29) is 0 Å². The minimum atomic E-state index is 0.637. The van der Waals surface area contributed by atoms with E-state index in [9.17, 15) is 0 Å². The summed E-state index contributed by atoms with van der Waals surface area (Å²) >= 11 is 0. The fraction of sp³-hybridized carbons (Fsp3) is 0.957. The van der Waals surface area contributed by atoms with E-state index in [1.807, 2.05) is 0 Å². The van der Waals surface area contributed by atoms with Crippen LogP contribution in [0.2, 0.25) is 0 Å². The van der Waals surface area contributed by atoms with E-state index in [1.165, 1.54) is 264 Å². The molecule has 2 heteroatoms. The normalized spacial score (nSPS) is 13.4. The molecule has 1 heterocycles.